The third kappa shape index (κ3) is 5.55. The zero-order chi connectivity index (χ0) is 23.1. The summed E-state index contributed by atoms with van der Waals surface area (Å²) >= 11 is 0. The highest BCUT2D eigenvalue weighted by Crippen LogP contribution is 2.37. The van der Waals surface area contributed by atoms with Crippen LogP contribution in [-0.2, 0) is 23.1 Å². The predicted molar refractivity (Wildman–Crippen MR) is 122 cm³/mol. The summed E-state index contributed by atoms with van der Waals surface area (Å²) in [6, 6.07) is 15.7. The maximum atomic E-state index is 13.1. The second-order valence-electron chi connectivity index (χ2n) is 7.02. The number of methoxy groups -OCH3 is 2. The van der Waals surface area contributed by atoms with Crippen molar-refractivity contribution in [3.05, 3.63) is 83.7 Å². The number of sulfonamides is 1. The van der Waals surface area contributed by atoms with Crippen molar-refractivity contribution in [2.24, 2.45) is 0 Å². The van der Waals surface area contributed by atoms with E-state index >= 15 is 0 Å². The Morgan fingerprint density at radius 3 is 2.25 bits per heavy atom. The van der Waals surface area contributed by atoms with E-state index in [1.54, 1.807) is 18.5 Å². The smallest absolute Gasteiger partial charge is 0.253 e. The average Bonchev–Trinajstić information content (AvgIpc) is 2.80. The van der Waals surface area contributed by atoms with Crippen molar-refractivity contribution >= 4 is 21.6 Å². The molecule has 1 heterocycles. The van der Waals surface area contributed by atoms with Crippen LogP contribution in [-0.4, -0.2) is 39.8 Å². The Kier molecular flexibility index (Phi) is 7.32. The molecule has 0 aliphatic rings. The molecule has 1 amide bonds. The lowest BCUT2D eigenvalue weighted by Crippen LogP contribution is -2.32. The van der Waals surface area contributed by atoms with Gasteiger partial charge in [0.1, 0.15) is 0 Å². The minimum absolute atomic E-state index is 0.0536. The van der Waals surface area contributed by atoms with E-state index in [0.717, 1.165) is 17.4 Å². The molecule has 2 aromatic carbocycles. The zero-order valence-electron chi connectivity index (χ0n) is 18.1. The minimum Gasteiger partial charge on any atom is -0.493 e. The second-order valence-corrected chi connectivity index (χ2v) is 8.93. The summed E-state index contributed by atoms with van der Waals surface area (Å²) in [6.07, 6.45) is 4.39. The second kappa shape index (κ2) is 10.1. The van der Waals surface area contributed by atoms with E-state index < -0.39 is 15.9 Å². The van der Waals surface area contributed by atoms with Crippen LogP contribution < -0.4 is 19.1 Å². The average molecular weight is 456 g/mol. The van der Waals surface area contributed by atoms with Crippen molar-refractivity contribution in [2.45, 2.75) is 13.1 Å². The summed E-state index contributed by atoms with van der Waals surface area (Å²) in [5.74, 6) is 0.176. The third-order valence-corrected chi connectivity index (χ3v) is 5.89. The first-order chi connectivity index (χ1) is 15.3. The van der Waals surface area contributed by atoms with Crippen LogP contribution in [0.15, 0.2) is 67.0 Å². The van der Waals surface area contributed by atoms with E-state index in [2.05, 4.69) is 10.3 Å². The number of hydrogen-bond donors (Lipinski definition) is 1. The molecule has 0 atom stereocenters. The lowest BCUT2D eigenvalue weighted by molar-refractivity contribution is 0.0951. The molecule has 0 spiro atoms. The molecular formula is C23H25N3O5S. The molecular weight excluding hydrogens is 430 g/mol. The summed E-state index contributed by atoms with van der Waals surface area (Å²) in [4.78, 5) is 17.2. The predicted octanol–water partition coefficient (Wildman–Crippen LogP) is 3.00. The Morgan fingerprint density at radius 1 is 1.00 bits per heavy atom. The highest BCUT2D eigenvalue weighted by molar-refractivity contribution is 7.92. The van der Waals surface area contributed by atoms with Crippen molar-refractivity contribution < 1.29 is 22.7 Å². The monoisotopic (exact) mass is 455 g/mol. The molecule has 0 radical (unpaired) electrons. The molecule has 3 aromatic rings. The fraction of sp³-hybridized carbons (Fsp3) is 0.217. The van der Waals surface area contributed by atoms with Crippen LogP contribution in [0, 0.1) is 0 Å². The lowest BCUT2D eigenvalue weighted by Gasteiger charge is -2.26. The molecule has 0 aliphatic heterocycles. The van der Waals surface area contributed by atoms with Gasteiger partial charge in [0.25, 0.3) is 5.91 Å². The van der Waals surface area contributed by atoms with Crippen LogP contribution in [0.1, 0.15) is 21.5 Å². The van der Waals surface area contributed by atoms with Gasteiger partial charge in [0.2, 0.25) is 10.0 Å². The summed E-state index contributed by atoms with van der Waals surface area (Å²) in [6.45, 7) is 0.288. The van der Waals surface area contributed by atoms with Gasteiger partial charge in [-0.1, -0.05) is 36.4 Å². The molecule has 1 N–H and O–H groups in total. The van der Waals surface area contributed by atoms with Crippen LogP contribution in [0.4, 0.5) is 5.69 Å². The number of nitrogens with one attached hydrogen (secondary N) is 1. The highest BCUT2D eigenvalue weighted by atomic mass is 32.2. The molecule has 8 nitrogen and oxygen atoms in total. The van der Waals surface area contributed by atoms with E-state index in [0.29, 0.717) is 11.5 Å². The van der Waals surface area contributed by atoms with Crippen LogP contribution in [0.3, 0.4) is 0 Å². The Balaban J connectivity index is 2.05. The number of benzene rings is 2. The Bertz CT molecular complexity index is 1170. The van der Waals surface area contributed by atoms with Gasteiger partial charge in [-0.3, -0.25) is 14.1 Å². The number of amides is 1. The molecule has 0 aliphatic carbocycles. The molecule has 0 saturated carbocycles. The van der Waals surface area contributed by atoms with Gasteiger partial charge in [-0.15, -0.1) is 0 Å². The van der Waals surface area contributed by atoms with Gasteiger partial charge in [-0.25, -0.2) is 8.42 Å². The number of anilines is 1. The lowest BCUT2D eigenvalue weighted by atomic mass is 10.1. The van der Waals surface area contributed by atoms with Gasteiger partial charge < -0.3 is 14.8 Å². The fourth-order valence-electron chi connectivity index (χ4n) is 3.17. The maximum absolute atomic E-state index is 13.1. The molecule has 0 saturated heterocycles. The van der Waals surface area contributed by atoms with Crippen molar-refractivity contribution in [1.82, 2.24) is 10.3 Å². The molecule has 1 aromatic heterocycles. The number of carbonyl (C=O) groups excluding carboxylic acids is 1. The molecule has 9 heteroatoms. The van der Waals surface area contributed by atoms with Crippen molar-refractivity contribution in [1.29, 1.82) is 0 Å². The quantitative estimate of drug-likeness (QED) is 0.533. The van der Waals surface area contributed by atoms with Gasteiger partial charge in [-0.2, -0.15) is 0 Å². The summed E-state index contributed by atoms with van der Waals surface area (Å²) in [5, 5.41) is 2.82. The fourth-order valence-corrected chi connectivity index (χ4v) is 4.06. The number of pyridine rings is 1. The van der Waals surface area contributed by atoms with Crippen LogP contribution in [0.2, 0.25) is 0 Å². The normalized spacial score (nSPS) is 11.0. The number of ether oxygens (including phenoxy) is 2. The number of aromatic nitrogens is 1. The molecule has 3 rings (SSSR count). The standard InChI is InChI=1S/C23H25N3O5S/c1-30-21-12-19(23(27)25-15-18-10-7-11-24-14-18)20(13-22(21)31-2)26(32(3,28)29)16-17-8-5-4-6-9-17/h4-14H,15-16H2,1-3H3,(H,25,27). The van der Waals surface area contributed by atoms with E-state index in [4.69, 9.17) is 9.47 Å². The largest absolute Gasteiger partial charge is 0.493 e. The first kappa shape index (κ1) is 23.1. The zero-order valence-corrected chi connectivity index (χ0v) is 18.9. The Labute approximate surface area is 187 Å². The topological polar surface area (TPSA) is 97.8 Å². The Hall–Kier alpha value is -3.59. The number of nitrogens with zero attached hydrogens (tertiary/aromatic N) is 2. The highest BCUT2D eigenvalue weighted by Gasteiger charge is 2.26. The van der Waals surface area contributed by atoms with Crippen LogP contribution in [0.5, 0.6) is 11.5 Å². The van der Waals surface area contributed by atoms with Gasteiger partial charge >= 0.3 is 0 Å². The van der Waals surface area contributed by atoms with Crippen molar-refractivity contribution in [3.63, 3.8) is 0 Å². The summed E-state index contributed by atoms with van der Waals surface area (Å²) in [5.41, 5.74) is 1.92. The first-order valence-electron chi connectivity index (χ1n) is 9.78. The van der Waals surface area contributed by atoms with Crippen molar-refractivity contribution in [2.75, 3.05) is 24.8 Å². The molecule has 0 bridgehead atoms. The number of rotatable bonds is 9. The van der Waals surface area contributed by atoms with E-state index in [9.17, 15) is 13.2 Å². The molecule has 0 fully saturated rings. The number of hydrogen-bond acceptors (Lipinski definition) is 6. The van der Waals surface area contributed by atoms with E-state index in [-0.39, 0.29) is 24.3 Å². The Morgan fingerprint density at radius 2 is 1.66 bits per heavy atom. The molecule has 0 unspecified atom stereocenters. The van der Waals surface area contributed by atoms with E-state index in [1.807, 2.05) is 36.4 Å². The van der Waals surface area contributed by atoms with Gasteiger partial charge in [0.15, 0.2) is 11.5 Å². The van der Waals surface area contributed by atoms with Crippen LogP contribution in [0.25, 0.3) is 0 Å². The molecule has 168 valence electrons. The van der Waals surface area contributed by atoms with Crippen LogP contribution >= 0.6 is 0 Å². The molecule has 32 heavy (non-hydrogen) atoms. The number of carbonyl (C=O) groups is 1. The van der Waals surface area contributed by atoms with Gasteiger partial charge in [0.05, 0.1) is 38.3 Å². The first-order valence-corrected chi connectivity index (χ1v) is 11.6. The van der Waals surface area contributed by atoms with E-state index in [1.165, 1.54) is 30.7 Å². The minimum atomic E-state index is -3.74. The SMILES string of the molecule is COc1cc(C(=O)NCc2cccnc2)c(N(Cc2ccccc2)S(C)(=O)=O)cc1OC. The maximum Gasteiger partial charge on any atom is 0.253 e. The van der Waals surface area contributed by atoms with Gasteiger partial charge in [0, 0.05) is 25.0 Å². The third-order valence-electron chi connectivity index (χ3n) is 4.76. The van der Waals surface area contributed by atoms with Crippen molar-refractivity contribution in [3.8, 4) is 11.5 Å². The summed E-state index contributed by atoms with van der Waals surface area (Å²) < 4.78 is 37.4. The summed E-state index contributed by atoms with van der Waals surface area (Å²) in [7, 11) is -0.835. The van der Waals surface area contributed by atoms with Gasteiger partial charge in [-0.05, 0) is 23.3 Å².